The number of aromatic nitrogens is 1. The summed E-state index contributed by atoms with van der Waals surface area (Å²) in [5.41, 5.74) is 16.7. The Balaban J connectivity index is 1.01. The van der Waals surface area contributed by atoms with Crippen molar-refractivity contribution in [3.63, 3.8) is 0 Å². The van der Waals surface area contributed by atoms with E-state index < -0.39 is 0 Å². The molecule has 0 bridgehead atoms. The topological polar surface area (TPSA) is 4.93 Å². The highest BCUT2D eigenvalue weighted by Crippen LogP contribution is 2.64. The van der Waals surface area contributed by atoms with Gasteiger partial charge in [0.25, 0.3) is 0 Å². The maximum atomic E-state index is 2.40. The second-order valence-electron chi connectivity index (χ2n) is 14.4. The third kappa shape index (κ3) is 3.52. The predicted molar refractivity (Wildman–Crippen MR) is 218 cm³/mol. The molecule has 0 radical (unpaired) electrons. The van der Waals surface area contributed by atoms with Crippen molar-refractivity contribution < 1.29 is 0 Å². The molecule has 10 aromatic rings. The first-order valence-electron chi connectivity index (χ1n) is 18.2. The van der Waals surface area contributed by atoms with Gasteiger partial charge in [-0.3, -0.25) is 0 Å². The van der Waals surface area contributed by atoms with E-state index in [1.165, 1.54) is 105 Å². The van der Waals surface area contributed by atoms with Crippen molar-refractivity contribution in [3.8, 4) is 39.1 Å². The second-order valence-corrected chi connectivity index (χ2v) is 14.4. The molecule has 0 amide bonds. The molecule has 1 nitrogen and oxygen atoms in total. The molecule has 52 heavy (non-hydrogen) atoms. The van der Waals surface area contributed by atoms with Gasteiger partial charge in [0.1, 0.15) is 0 Å². The van der Waals surface area contributed by atoms with Crippen molar-refractivity contribution in [2.75, 3.05) is 0 Å². The highest BCUT2D eigenvalue weighted by Gasteiger charge is 2.52. The molecule has 1 spiro atoms. The van der Waals surface area contributed by atoms with Gasteiger partial charge in [-0.25, -0.2) is 0 Å². The molecule has 0 saturated carbocycles. The lowest BCUT2D eigenvalue weighted by Gasteiger charge is -2.31. The van der Waals surface area contributed by atoms with Gasteiger partial charge in [0.15, 0.2) is 0 Å². The molecular weight excluding hydrogens is 627 g/mol. The fraction of sp³-hybridized carbons (Fsp3) is 0.0196. The molecule has 0 fully saturated rings. The zero-order chi connectivity index (χ0) is 34.0. The van der Waals surface area contributed by atoms with E-state index in [1.807, 2.05) is 0 Å². The van der Waals surface area contributed by atoms with Crippen LogP contribution in [0.2, 0.25) is 0 Å². The zero-order valence-electron chi connectivity index (χ0n) is 28.3. The molecule has 1 heteroatoms. The number of hydrogen-bond donors (Lipinski definition) is 0. The van der Waals surface area contributed by atoms with Crippen molar-refractivity contribution in [2.45, 2.75) is 5.41 Å². The molecule has 1 heterocycles. The third-order valence-electron chi connectivity index (χ3n) is 12.0. The van der Waals surface area contributed by atoms with Gasteiger partial charge in [0.05, 0.1) is 16.4 Å². The normalized spacial score (nSPS) is 13.5. The van der Waals surface area contributed by atoms with Crippen LogP contribution in [0.15, 0.2) is 188 Å². The Morgan fingerprint density at radius 3 is 1.46 bits per heavy atom. The Bertz CT molecular complexity index is 3020. The van der Waals surface area contributed by atoms with Crippen LogP contribution in [0.3, 0.4) is 0 Å². The first-order valence-corrected chi connectivity index (χ1v) is 18.2. The highest BCUT2D eigenvalue weighted by atomic mass is 15.0. The third-order valence-corrected chi connectivity index (χ3v) is 12.0. The van der Waals surface area contributed by atoms with Crippen LogP contribution < -0.4 is 0 Å². The zero-order valence-corrected chi connectivity index (χ0v) is 28.3. The van der Waals surface area contributed by atoms with Crippen LogP contribution in [0.4, 0.5) is 0 Å². The molecular formula is C51H31N. The van der Waals surface area contributed by atoms with E-state index in [4.69, 9.17) is 0 Å². The van der Waals surface area contributed by atoms with E-state index in [2.05, 4.69) is 193 Å². The molecule has 2 aliphatic carbocycles. The van der Waals surface area contributed by atoms with Crippen LogP contribution >= 0.6 is 0 Å². The van der Waals surface area contributed by atoms with Gasteiger partial charge in [0, 0.05) is 16.5 Å². The molecule has 2 aliphatic rings. The van der Waals surface area contributed by atoms with E-state index in [0.29, 0.717) is 0 Å². The molecule has 9 aromatic carbocycles. The number of para-hydroxylation sites is 2. The van der Waals surface area contributed by atoms with Gasteiger partial charge in [0.2, 0.25) is 0 Å². The van der Waals surface area contributed by atoms with Gasteiger partial charge >= 0.3 is 0 Å². The number of nitrogens with zero attached hydrogens (tertiary/aromatic N) is 1. The summed E-state index contributed by atoms with van der Waals surface area (Å²) >= 11 is 0. The summed E-state index contributed by atoms with van der Waals surface area (Å²) in [6.45, 7) is 0. The first-order chi connectivity index (χ1) is 25.8. The van der Waals surface area contributed by atoms with Crippen LogP contribution in [-0.4, -0.2) is 4.57 Å². The molecule has 0 unspecified atom stereocenters. The van der Waals surface area contributed by atoms with E-state index in [1.54, 1.807) is 0 Å². The fourth-order valence-electron chi connectivity index (χ4n) is 9.86. The highest BCUT2D eigenvalue weighted by molar-refractivity contribution is 6.10. The maximum Gasteiger partial charge on any atom is 0.0731 e. The number of rotatable bonds is 2. The van der Waals surface area contributed by atoms with E-state index in [9.17, 15) is 0 Å². The molecule has 0 atom stereocenters. The van der Waals surface area contributed by atoms with Crippen molar-refractivity contribution >= 4 is 43.4 Å². The standard InChI is InChI=1S/C51H31N/c1-6-16-45-39(11-1)40-12-2-7-17-46(40)51(45)47-18-8-3-13-41(47)44-28-25-36-30-34(24-27-38(36)50(44)51)32-21-22-35-31-37(26-23-33(35)29-32)52-48-19-9-4-14-42(48)43-15-5-10-20-49(43)52/h1-31H. The number of hydrogen-bond acceptors (Lipinski definition) is 0. The van der Waals surface area contributed by atoms with Gasteiger partial charge < -0.3 is 4.57 Å². The molecule has 0 N–H and O–H groups in total. The molecule has 1 aromatic heterocycles. The quantitative estimate of drug-likeness (QED) is 0.174. The van der Waals surface area contributed by atoms with Crippen LogP contribution in [0, 0.1) is 0 Å². The van der Waals surface area contributed by atoms with Crippen molar-refractivity contribution in [3.05, 3.63) is 210 Å². The summed E-state index contributed by atoms with van der Waals surface area (Å²) in [6.07, 6.45) is 0. The summed E-state index contributed by atoms with van der Waals surface area (Å²) < 4.78 is 2.39. The lowest BCUT2D eigenvalue weighted by molar-refractivity contribution is 0.801. The second kappa shape index (κ2) is 10.2. The van der Waals surface area contributed by atoms with Crippen LogP contribution in [0.5, 0.6) is 0 Å². The Morgan fingerprint density at radius 2 is 0.808 bits per heavy atom. The van der Waals surface area contributed by atoms with E-state index in [0.717, 1.165) is 0 Å². The van der Waals surface area contributed by atoms with Crippen LogP contribution in [0.25, 0.3) is 82.4 Å². The van der Waals surface area contributed by atoms with Gasteiger partial charge in [-0.05, 0) is 114 Å². The van der Waals surface area contributed by atoms with E-state index in [-0.39, 0.29) is 5.41 Å². The average molecular weight is 658 g/mol. The van der Waals surface area contributed by atoms with Gasteiger partial charge in [-0.2, -0.15) is 0 Å². The molecule has 0 saturated heterocycles. The summed E-state index contributed by atoms with van der Waals surface area (Å²) in [4.78, 5) is 0. The van der Waals surface area contributed by atoms with Crippen LogP contribution in [0.1, 0.15) is 22.3 Å². The summed E-state index contributed by atoms with van der Waals surface area (Å²) in [7, 11) is 0. The minimum atomic E-state index is -0.350. The SMILES string of the molecule is c1ccc2c(c1)-c1ccccc1C21c2ccccc2-c2ccc3cc(-c4ccc5cc(-n6c7ccccc7c7ccccc76)ccc5c4)ccc3c21. The monoisotopic (exact) mass is 657 g/mol. The predicted octanol–water partition coefficient (Wildman–Crippen LogP) is 13.1. The van der Waals surface area contributed by atoms with Crippen molar-refractivity contribution in [1.82, 2.24) is 4.57 Å². The Morgan fingerprint density at radius 1 is 0.327 bits per heavy atom. The minimum Gasteiger partial charge on any atom is -0.309 e. The largest absolute Gasteiger partial charge is 0.309 e. The molecule has 240 valence electrons. The van der Waals surface area contributed by atoms with Crippen molar-refractivity contribution in [2.24, 2.45) is 0 Å². The lowest BCUT2D eigenvalue weighted by atomic mass is 9.69. The summed E-state index contributed by atoms with van der Waals surface area (Å²) in [6, 6.07) is 70.2. The first kappa shape index (κ1) is 28.0. The van der Waals surface area contributed by atoms with E-state index >= 15 is 0 Å². The smallest absolute Gasteiger partial charge is 0.0731 e. The van der Waals surface area contributed by atoms with Crippen LogP contribution in [-0.2, 0) is 5.41 Å². The van der Waals surface area contributed by atoms with Gasteiger partial charge in [-0.1, -0.05) is 152 Å². The number of fused-ring (bicyclic) bond motifs is 16. The number of benzene rings is 9. The lowest BCUT2D eigenvalue weighted by Crippen LogP contribution is -2.26. The average Bonchev–Trinajstić information content (AvgIpc) is 3.82. The molecule has 12 rings (SSSR count). The Labute approximate surface area is 301 Å². The van der Waals surface area contributed by atoms with Crippen molar-refractivity contribution in [1.29, 1.82) is 0 Å². The Hall–Kier alpha value is -6.70. The van der Waals surface area contributed by atoms with Gasteiger partial charge in [-0.15, -0.1) is 0 Å². The molecule has 0 aliphatic heterocycles. The Kier molecular flexibility index (Phi) is 5.49. The summed E-state index contributed by atoms with van der Waals surface area (Å²) in [5, 5.41) is 7.63. The minimum absolute atomic E-state index is 0.350. The maximum absolute atomic E-state index is 2.40. The fourth-order valence-corrected chi connectivity index (χ4v) is 9.86. The summed E-state index contributed by atoms with van der Waals surface area (Å²) in [5.74, 6) is 0.